The number of rotatable bonds is 3. The lowest BCUT2D eigenvalue weighted by molar-refractivity contribution is -0.146. The molecule has 114 valence electrons. The van der Waals surface area contributed by atoms with Crippen LogP contribution in [0, 0.1) is 11.8 Å². The van der Waals surface area contributed by atoms with Crippen molar-refractivity contribution in [1.82, 2.24) is 10.2 Å². The van der Waals surface area contributed by atoms with E-state index in [-0.39, 0.29) is 11.3 Å². The number of carbonyl (C=O) groups excluding carboxylic acids is 1. The van der Waals surface area contributed by atoms with Crippen LogP contribution in [0.4, 0.5) is 5.82 Å². The highest BCUT2D eigenvalue weighted by molar-refractivity contribution is 5.94. The van der Waals surface area contributed by atoms with Crippen LogP contribution in [0.25, 0.3) is 0 Å². The molecule has 0 saturated carbocycles. The predicted molar refractivity (Wildman–Crippen MR) is 78.9 cm³/mol. The molecule has 1 amide bonds. The van der Waals surface area contributed by atoms with Crippen LogP contribution in [0.3, 0.4) is 0 Å². The first-order valence-corrected chi connectivity index (χ1v) is 7.03. The number of carboxylic acid groups (broad SMARTS) is 1. The number of amides is 1. The number of nitrogens with one attached hydrogen (secondary N) is 2. The first-order chi connectivity index (χ1) is 9.79. The quantitative estimate of drug-likeness (QED) is 0.745. The normalized spacial score (nSPS) is 22.0. The Morgan fingerprint density at radius 3 is 2.43 bits per heavy atom. The van der Waals surface area contributed by atoms with E-state index in [2.05, 4.69) is 15.5 Å². The fraction of sp³-hybridized carbons (Fsp3) is 0.533. The third kappa shape index (κ3) is 3.51. The Bertz CT molecular complexity index is 569. The van der Waals surface area contributed by atoms with E-state index >= 15 is 0 Å². The lowest BCUT2D eigenvalue weighted by Crippen LogP contribution is -2.34. The van der Waals surface area contributed by atoms with E-state index in [0.717, 1.165) is 5.69 Å². The third-order valence-electron chi connectivity index (χ3n) is 3.72. The fourth-order valence-electron chi connectivity index (χ4n) is 2.37. The van der Waals surface area contributed by atoms with Crippen LogP contribution >= 0.6 is 0 Å². The summed E-state index contributed by atoms with van der Waals surface area (Å²) in [7, 11) is 0. The van der Waals surface area contributed by atoms with E-state index in [4.69, 9.17) is 0 Å². The second-order valence-electron chi connectivity index (χ2n) is 6.40. The van der Waals surface area contributed by atoms with Gasteiger partial charge in [-0.05, 0) is 12.8 Å². The topological polar surface area (TPSA) is 95.1 Å². The van der Waals surface area contributed by atoms with Gasteiger partial charge in [-0.1, -0.05) is 32.9 Å². The van der Waals surface area contributed by atoms with Crippen LogP contribution in [0.5, 0.6) is 0 Å². The highest BCUT2D eigenvalue weighted by Gasteiger charge is 2.34. The Hall–Kier alpha value is -2.11. The van der Waals surface area contributed by atoms with Gasteiger partial charge in [-0.3, -0.25) is 14.7 Å². The highest BCUT2D eigenvalue weighted by atomic mass is 16.4. The summed E-state index contributed by atoms with van der Waals surface area (Å²) in [6.45, 7) is 6.12. The Balaban J connectivity index is 2.08. The molecule has 0 saturated heterocycles. The number of hydrogen-bond acceptors (Lipinski definition) is 3. The number of carboxylic acids is 1. The van der Waals surface area contributed by atoms with Crippen molar-refractivity contribution < 1.29 is 14.7 Å². The van der Waals surface area contributed by atoms with E-state index in [0.29, 0.717) is 18.7 Å². The van der Waals surface area contributed by atoms with Crippen molar-refractivity contribution in [1.29, 1.82) is 0 Å². The number of hydrogen-bond donors (Lipinski definition) is 3. The summed E-state index contributed by atoms with van der Waals surface area (Å²) in [5.74, 6) is -2.02. The molecule has 1 aliphatic rings. The Kier molecular flexibility index (Phi) is 4.16. The maximum absolute atomic E-state index is 12.3. The maximum Gasteiger partial charge on any atom is 0.307 e. The lowest BCUT2D eigenvalue weighted by Gasteiger charge is -2.23. The molecule has 6 heteroatoms. The molecule has 0 bridgehead atoms. The molecular formula is C15H21N3O3. The predicted octanol–water partition coefficient (Wildman–Crippen LogP) is 2.31. The summed E-state index contributed by atoms with van der Waals surface area (Å²) in [5, 5.41) is 18.9. The van der Waals surface area contributed by atoms with Gasteiger partial charge in [-0.2, -0.15) is 5.10 Å². The summed E-state index contributed by atoms with van der Waals surface area (Å²) in [6, 6.07) is 1.78. The summed E-state index contributed by atoms with van der Waals surface area (Å²) in [4.78, 5) is 23.5. The zero-order valence-corrected chi connectivity index (χ0v) is 12.5. The van der Waals surface area contributed by atoms with Gasteiger partial charge in [0.15, 0.2) is 5.82 Å². The molecule has 0 radical (unpaired) electrons. The average Bonchev–Trinajstić information content (AvgIpc) is 2.87. The van der Waals surface area contributed by atoms with Crippen molar-refractivity contribution in [3.8, 4) is 0 Å². The first-order valence-electron chi connectivity index (χ1n) is 7.03. The Labute approximate surface area is 123 Å². The third-order valence-corrected chi connectivity index (χ3v) is 3.72. The van der Waals surface area contributed by atoms with Crippen molar-refractivity contribution in [3.05, 3.63) is 23.9 Å². The van der Waals surface area contributed by atoms with Gasteiger partial charge in [0.05, 0.1) is 11.8 Å². The van der Waals surface area contributed by atoms with Crippen molar-refractivity contribution in [2.75, 3.05) is 5.32 Å². The Morgan fingerprint density at radius 2 is 1.90 bits per heavy atom. The number of allylic oxidation sites excluding steroid dienone is 2. The van der Waals surface area contributed by atoms with Crippen molar-refractivity contribution in [2.45, 2.75) is 39.0 Å². The van der Waals surface area contributed by atoms with E-state index < -0.39 is 17.8 Å². The highest BCUT2D eigenvalue weighted by Crippen LogP contribution is 2.28. The SMILES string of the molecule is CC(C)(C)c1cc(NC(=O)C2CC=CCC2C(=O)O)n[nH]1. The van der Waals surface area contributed by atoms with Crippen molar-refractivity contribution >= 4 is 17.7 Å². The van der Waals surface area contributed by atoms with Crippen molar-refractivity contribution in [2.24, 2.45) is 11.8 Å². The van der Waals surface area contributed by atoms with Gasteiger partial charge < -0.3 is 10.4 Å². The van der Waals surface area contributed by atoms with Gasteiger partial charge in [0.2, 0.25) is 5.91 Å². The minimum absolute atomic E-state index is 0.0901. The molecule has 1 heterocycles. The zero-order chi connectivity index (χ0) is 15.6. The smallest absolute Gasteiger partial charge is 0.307 e. The molecule has 1 aromatic rings. The number of carbonyl (C=O) groups is 2. The Morgan fingerprint density at radius 1 is 1.29 bits per heavy atom. The van der Waals surface area contributed by atoms with Gasteiger partial charge in [-0.15, -0.1) is 0 Å². The largest absolute Gasteiger partial charge is 0.481 e. The molecule has 3 N–H and O–H groups in total. The molecule has 2 rings (SSSR count). The molecule has 1 aliphatic carbocycles. The van der Waals surface area contributed by atoms with Crippen LogP contribution in [-0.4, -0.2) is 27.2 Å². The second-order valence-corrected chi connectivity index (χ2v) is 6.40. The maximum atomic E-state index is 12.3. The molecule has 0 aliphatic heterocycles. The van der Waals surface area contributed by atoms with E-state index in [1.165, 1.54) is 0 Å². The van der Waals surface area contributed by atoms with E-state index in [1.54, 1.807) is 6.07 Å². The minimum atomic E-state index is -0.933. The monoisotopic (exact) mass is 291 g/mol. The molecule has 0 spiro atoms. The van der Waals surface area contributed by atoms with Gasteiger partial charge in [-0.25, -0.2) is 0 Å². The molecule has 6 nitrogen and oxygen atoms in total. The fourth-order valence-corrected chi connectivity index (χ4v) is 2.37. The summed E-state index contributed by atoms with van der Waals surface area (Å²) in [5.41, 5.74) is 0.823. The number of aromatic nitrogens is 2. The van der Waals surface area contributed by atoms with E-state index in [1.807, 2.05) is 32.9 Å². The molecule has 1 aromatic heterocycles. The molecule has 2 unspecified atom stereocenters. The van der Waals surface area contributed by atoms with Gasteiger partial charge >= 0.3 is 5.97 Å². The van der Waals surface area contributed by atoms with Crippen LogP contribution in [0.1, 0.15) is 39.3 Å². The summed E-state index contributed by atoms with van der Waals surface area (Å²) in [6.07, 6.45) is 4.50. The van der Waals surface area contributed by atoms with Crippen LogP contribution < -0.4 is 5.32 Å². The molecular weight excluding hydrogens is 270 g/mol. The number of nitrogens with zero attached hydrogens (tertiary/aromatic N) is 1. The van der Waals surface area contributed by atoms with Gasteiger partial charge in [0.25, 0.3) is 0 Å². The second kappa shape index (κ2) is 5.71. The molecule has 2 atom stereocenters. The molecule has 0 fully saturated rings. The molecule has 0 aromatic carbocycles. The van der Waals surface area contributed by atoms with Crippen molar-refractivity contribution in [3.63, 3.8) is 0 Å². The summed E-state index contributed by atoms with van der Waals surface area (Å²) >= 11 is 0. The van der Waals surface area contributed by atoms with Crippen LogP contribution in [0.2, 0.25) is 0 Å². The summed E-state index contributed by atoms with van der Waals surface area (Å²) < 4.78 is 0. The molecule has 21 heavy (non-hydrogen) atoms. The van der Waals surface area contributed by atoms with E-state index in [9.17, 15) is 14.7 Å². The van der Waals surface area contributed by atoms with Gasteiger partial charge in [0, 0.05) is 17.2 Å². The number of H-pyrrole nitrogens is 1. The minimum Gasteiger partial charge on any atom is -0.481 e. The van der Waals surface area contributed by atoms with Gasteiger partial charge in [0.1, 0.15) is 0 Å². The standard InChI is InChI=1S/C15H21N3O3/c1-15(2,3)11-8-12(18-17-11)16-13(19)9-6-4-5-7-10(9)14(20)21/h4-5,8-10H,6-7H2,1-3H3,(H,20,21)(H2,16,17,18,19). The number of aromatic amines is 1. The zero-order valence-electron chi connectivity index (χ0n) is 12.5. The average molecular weight is 291 g/mol. The first kappa shape index (κ1) is 15.3. The number of aliphatic carboxylic acids is 1. The van der Waals surface area contributed by atoms with Crippen LogP contribution in [-0.2, 0) is 15.0 Å². The number of anilines is 1. The van der Waals surface area contributed by atoms with Crippen LogP contribution in [0.15, 0.2) is 18.2 Å². The lowest BCUT2D eigenvalue weighted by atomic mass is 9.82.